The number of amides is 1. The standard InChI is InChI=1S/C24H24FN3O2/c1-2-3-4-5-6-7-16-30-22-12-8-10-18(23(22)25)17-27-24(29)21-14-13-19-20(28-21)11-9-15-26-19/h8-15H,4-7,16-17H2,1H3,(H,27,29). The van der Waals surface area contributed by atoms with Crippen molar-refractivity contribution < 1.29 is 13.9 Å². The molecule has 0 saturated heterocycles. The molecule has 2 aromatic heterocycles. The molecule has 1 amide bonds. The van der Waals surface area contributed by atoms with Crippen molar-refractivity contribution >= 4 is 16.9 Å². The summed E-state index contributed by atoms with van der Waals surface area (Å²) in [6, 6.07) is 11.8. The maximum absolute atomic E-state index is 14.7. The lowest BCUT2D eigenvalue weighted by molar-refractivity contribution is 0.0946. The SMILES string of the molecule is CC#CCCCCCOc1cccc(CNC(=O)c2ccc3ncccc3n2)c1F. The zero-order chi connectivity index (χ0) is 21.2. The molecule has 0 bridgehead atoms. The van der Waals surface area contributed by atoms with Crippen molar-refractivity contribution in [3.8, 4) is 17.6 Å². The largest absolute Gasteiger partial charge is 0.491 e. The summed E-state index contributed by atoms with van der Waals surface area (Å²) >= 11 is 0. The first-order valence-corrected chi connectivity index (χ1v) is 9.99. The van der Waals surface area contributed by atoms with Crippen LogP contribution in [0.25, 0.3) is 11.0 Å². The van der Waals surface area contributed by atoms with E-state index < -0.39 is 5.82 Å². The molecular weight excluding hydrogens is 381 g/mol. The molecule has 0 radical (unpaired) electrons. The number of fused-ring (bicyclic) bond motifs is 1. The maximum Gasteiger partial charge on any atom is 0.270 e. The highest BCUT2D eigenvalue weighted by molar-refractivity contribution is 5.94. The van der Waals surface area contributed by atoms with Crippen LogP contribution in [-0.4, -0.2) is 22.5 Å². The third-order valence-corrected chi connectivity index (χ3v) is 4.55. The molecule has 1 N–H and O–H groups in total. The normalized spacial score (nSPS) is 10.3. The van der Waals surface area contributed by atoms with Crippen molar-refractivity contribution in [3.05, 3.63) is 65.7 Å². The van der Waals surface area contributed by atoms with Gasteiger partial charge >= 0.3 is 0 Å². The van der Waals surface area contributed by atoms with Crippen molar-refractivity contribution in [1.29, 1.82) is 0 Å². The Hall–Kier alpha value is -3.46. The van der Waals surface area contributed by atoms with Crippen LogP contribution in [0, 0.1) is 17.7 Å². The summed E-state index contributed by atoms with van der Waals surface area (Å²) in [5, 5.41) is 2.71. The number of benzene rings is 1. The monoisotopic (exact) mass is 405 g/mol. The number of aromatic nitrogens is 2. The lowest BCUT2D eigenvalue weighted by atomic mass is 10.2. The summed E-state index contributed by atoms with van der Waals surface area (Å²) in [6.45, 7) is 2.32. The van der Waals surface area contributed by atoms with Crippen LogP contribution < -0.4 is 10.1 Å². The van der Waals surface area contributed by atoms with Crippen LogP contribution in [0.5, 0.6) is 5.75 Å². The fourth-order valence-corrected chi connectivity index (χ4v) is 2.95. The molecule has 30 heavy (non-hydrogen) atoms. The number of carbonyl (C=O) groups excluding carboxylic acids is 1. The van der Waals surface area contributed by atoms with Crippen LogP contribution in [0.2, 0.25) is 0 Å². The quantitative estimate of drug-likeness (QED) is 0.415. The zero-order valence-electron chi connectivity index (χ0n) is 17.0. The molecule has 0 aliphatic rings. The highest BCUT2D eigenvalue weighted by Gasteiger charge is 2.12. The topological polar surface area (TPSA) is 64.1 Å². The minimum Gasteiger partial charge on any atom is -0.491 e. The van der Waals surface area contributed by atoms with E-state index in [1.54, 1.807) is 48.7 Å². The molecule has 0 atom stereocenters. The van der Waals surface area contributed by atoms with Gasteiger partial charge in [-0.2, -0.15) is 0 Å². The van der Waals surface area contributed by atoms with E-state index in [4.69, 9.17) is 4.74 Å². The Morgan fingerprint density at radius 2 is 2.00 bits per heavy atom. The molecule has 0 aliphatic heterocycles. The molecule has 2 heterocycles. The van der Waals surface area contributed by atoms with E-state index in [1.807, 2.05) is 6.92 Å². The highest BCUT2D eigenvalue weighted by Crippen LogP contribution is 2.21. The number of nitrogens with zero attached hydrogens (tertiary/aromatic N) is 2. The summed E-state index contributed by atoms with van der Waals surface area (Å²) in [6.07, 6.45) is 5.39. The lowest BCUT2D eigenvalue weighted by Gasteiger charge is -2.11. The molecular formula is C24H24FN3O2. The van der Waals surface area contributed by atoms with E-state index in [9.17, 15) is 9.18 Å². The van der Waals surface area contributed by atoms with E-state index in [2.05, 4.69) is 27.1 Å². The molecule has 0 fully saturated rings. The minimum absolute atomic E-state index is 0.0459. The van der Waals surface area contributed by atoms with Gasteiger partial charge in [-0.15, -0.1) is 11.8 Å². The maximum atomic E-state index is 14.7. The number of halogens is 1. The first-order valence-electron chi connectivity index (χ1n) is 9.99. The summed E-state index contributed by atoms with van der Waals surface area (Å²) in [5.41, 5.74) is 1.97. The molecule has 6 heteroatoms. The summed E-state index contributed by atoms with van der Waals surface area (Å²) < 4.78 is 20.3. The van der Waals surface area contributed by atoms with Gasteiger partial charge in [0.1, 0.15) is 5.69 Å². The van der Waals surface area contributed by atoms with Crippen LogP contribution in [0.4, 0.5) is 4.39 Å². The number of hydrogen-bond donors (Lipinski definition) is 1. The van der Waals surface area contributed by atoms with Gasteiger partial charge in [-0.05, 0) is 56.5 Å². The van der Waals surface area contributed by atoms with Crippen molar-refractivity contribution in [2.45, 2.75) is 39.2 Å². The molecule has 1 aromatic carbocycles. The van der Waals surface area contributed by atoms with E-state index in [0.717, 1.165) is 25.7 Å². The number of rotatable bonds is 9. The van der Waals surface area contributed by atoms with Gasteiger partial charge in [0.15, 0.2) is 11.6 Å². The zero-order valence-corrected chi connectivity index (χ0v) is 17.0. The summed E-state index contributed by atoms with van der Waals surface area (Å²) in [7, 11) is 0. The second-order valence-electron chi connectivity index (χ2n) is 6.74. The number of ether oxygens (including phenoxy) is 1. The number of unbranched alkanes of at least 4 members (excludes halogenated alkanes) is 3. The van der Waals surface area contributed by atoms with Crippen molar-refractivity contribution in [2.75, 3.05) is 6.61 Å². The first kappa shape index (κ1) is 21.3. The van der Waals surface area contributed by atoms with Crippen molar-refractivity contribution in [2.24, 2.45) is 0 Å². The molecule has 5 nitrogen and oxygen atoms in total. The van der Waals surface area contributed by atoms with Crippen LogP contribution in [0.15, 0.2) is 48.7 Å². The Kier molecular flexibility index (Phi) is 7.73. The molecule has 3 rings (SSSR count). The van der Waals surface area contributed by atoms with Crippen LogP contribution in [-0.2, 0) is 6.54 Å². The number of pyridine rings is 2. The van der Waals surface area contributed by atoms with E-state index in [-0.39, 0.29) is 23.9 Å². The van der Waals surface area contributed by atoms with Gasteiger partial charge in [0.05, 0.1) is 17.6 Å². The van der Waals surface area contributed by atoms with Crippen LogP contribution in [0.3, 0.4) is 0 Å². The Morgan fingerprint density at radius 3 is 2.87 bits per heavy atom. The molecule has 0 saturated carbocycles. The Balaban J connectivity index is 1.53. The molecule has 154 valence electrons. The Morgan fingerprint density at radius 1 is 1.10 bits per heavy atom. The second-order valence-corrected chi connectivity index (χ2v) is 6.74. The molecule has 0 unspecified atom stereocenters. The summed E-state index contributed by atoms with van der Waals surface area (Å²) in [4.78, 5) is 20.9. The second kappa shape index (κ2) is 10.9. The fraction of sp³-hybridized carbons (Fsp3) is 0.292. The van der Waals surface area contributed by atoms with Gasteiger partial charge in [0.2, 0.25) is 0 Å². The fourth-order valence-electron chi connectivity index (χ4n) is 2.95. The Bertz CT molecular complexity index is 1070. The smallest absolute Gasteiger partial charge is 0.270 e. The molecule has 0 spiro atoms. The predicted molar refractivity (Wildman–Crippen MR) is 115 cm³/mol. The Labute approximate surface area is 175 Å². The number of nitrogens with one attached hydrogen (secondary N) is 1. The van der Waals surface area contributed by atoms with Gasteiger partial charge in [-0.1, -0.05) is 12.1 Å². The third kappa shape index (κ3) is 5.77. The van der Waals surface area contributed by atoms with Crippen LogP contribution in [0.1, 0.15) is 48.7 Å². The molecule has 3 aromatic rings. The predicted octanol–water partition coefficient (Wildman–Crippen LogP) is 4.66. The van der Waals surface area contributed by atoms with Crippen LogP contribution >= 0.6 is 0 Å². The van der Waals surface area contributed by atoms with Gasteiger partial charge in [0, 0.05) is 24.7 Å². The van der Waals surface area contributed by atoms with Gasteiger partial charge in [0.25, 0.3) is 5.91 Å². The van der Waals surface area contributed by atoms with Gasteiger partial charge in [-0.25, -0.2) is 9.37 Å². The van der Waals surface area contributed by atoms with E-state index in [0.29, 0.717) is 23.2 Å². The van der Waals surface area contributed by atoms with E-state index in [1.165, 1.54) is 0 Å². The van der Waals surface area contributed by atoms with Gasteiger partial charge in [-0.3, -0.25) is 9.78 Å². The summed E-state index contributed by atoms with van der Waals surface area (Å²) in [5.74, 6) is 5.27. The third-order valence-electron chi connectivity index (χ3n) is 4.55. The average Bonchev–Trinajstić information content (AvgIpc) is 2.78. The number of hydrogen-bond acceptors (Lipinski definition) is 4. The minimum atomic E-state index is -0.453. The van der Waals surface area contributed by atoms with E-state index >= 15 is 0 Å². The highest BCUT2D eigenvalue weighted by atomic mass is 19.1. The molecule has 0 aliphatic carbocycles. The van der Waals surface area contributed by atoms with Crippen molar-refractivity contribution in [3.63, 3.8) is 0 Å². The van der Waals surface area contributed by atoms with Crippen molar-refractivity contribution in [1.82, 2.24) is 15.3 Å². The first-order chi connectivity index (χ1) is 14.7. The average molecular weight is 405 g/mol. The lowest BCUT2D eigenvalue weighted by Crippen LogP contribution is -2.24. The number of carbonyl (C=O) groups is 1. The van der Waals surface area contributed by atoms with Gasteiger partial charge < -0.3 is 10.1 Å².